The lowest BCUT2D eigenvalue weighted by molar-refractivity contribution is 0.0817. The van der Waals surface area contributed by atoms with E-state index in [-0.39, 0.29) is 18.4 Å². The number of carbonyl (C=O) groups excluding carboxylic acids is 1. The molecule has 0 aliphatic heterocycles. The van der Waals surface area contributed by atoms with Gasteiger partial charge in [0.15, 0.2) is 0 Å². The molecule has 0 saturated heterocycles. The van der Waals surface area contributed by atoms with Crippen molar-refractivity contribution in [1.82, 2.24) is 5.32 Å². The van der Waals surface area contributed by atoms with Gasteiger partial charge in [0, 0.05) is 12.2 Å². The molecule has 0 radical (unpaired) electrons. The molecule has 0 saturated carbocycles. The van der Waals surface area contributed by atoms with Crippen molar-refractivity contribution in [3.05, 3.63) is 28.8 Å². The smallest absolute Gasteiger partial charge is 0.252 e. The number of hydrogen-bond acceptors (Lipinski definition) is 3. The number of amides is 1. The Bertz CT molecular complexity index is 433. The summed E-state index contributed by atoms with van der Waals surface area (Å²) in [6, 6.07) is 4.75. The molecule has 1 aromatic rings. The fourth-order valence-corrected chi connectivity index (χ4v) is 2.21. The van der Waals surface area contributed by atoms with Gasteiger partial charge in [-0.1, -0.05) is 38.3 Å². The maximum atomic E-state index is 12.0. The molecule has 1 amide bonds. The first kappa shape index (κ1) is 15.8. The Balaban J connectivity index is 2.63. The molecule has 1 unspecified atom stereocenters. The maximum Gasteiger partial charge on any atom is 0.252 e. The molecule has 5 heteroatoms. The first-order valence-electron chi connectivity index (χ1n) is 6.50. The standard InChI is InChI=1S/C14H21ClN2O2/c1-3-9(4-2)13(18)8-17-14(19)11-7-10(16)5-6-12(11)15/h5-7,9,13,18H,3-4,8,16H2,1-2H3,(H,17,19). The van der Waals surface area contributed by atoms with Crippen LogP contribution >= 0.6 is 11.6 Å². The molecule has 4 nitrogen and oxygen atoms in total. The second-order valence-corrected chi connectivity index (χ2v) is 5.00. The molecule has 0 fully saturated rings. The summed E-state index contributed by atoms with van der Waals surface area (Å²) in [4.78, 5) is 12.0. The van der Waals surface area contributed by atoms with Gasteiger partial charge in [-0.2, -0.15) is 0 Å². The van der Waals surface area contributed by atoms with E-state index in [1.165, 1.54) is 6.07 Å². The third-order valence-corrected chi connectivity index (χ3v) is 3.63. The molecule has 0 heterocycles. The summed E-state index contributed by atoms with van der Waals surface area (Å²) < 4.78 is 0. The number of nitrogen functional groups attached to an aromatic ring is 1. The fourth-order valence-electron chi connectivity index (χ4n) is 2.01. The van der Waals surface area contributed by atoms with Crippen LogP contribution in [0.1, 0.15) is 37.0 Å². The largest absolute Gasteiger partial charge is 0.399 e. The zero-order chi connectivity index (χ0) is 14.4. The van der Waals surface area contributed by atoms with Crippen molar-refractivity contribution in [3.63, 3.8) is 0 Å². The predicted molar refractivity (Wildman–Crippen MR) is 78.3 cm³/mol. The number of nitrogens with one attached hydrogen (secondary N) is 1. The minimum atomic E-state index is -0.543. The van der Waals surface area contributed by atoms with Crippen LogP contribution in [0.3, 0.4) is 0 Å². The van der Waals surface area contributed by atoms with E-state index < -0.39 is 6.10 Å². The van der Waals surface area contributed by atoms with Gasteiger partial charge in [-0.25, -0.2) is 0 Å². The second-order valence-electron chi connectivity index (χ2n) is 4.59. The molecule has 0 aliphatic rings. The Morgan fingerprint density at radius 3 is 2.63 bits per heavy atom. The molecule has 1 aromatic carbocycles. The summed E-state index contributed by atoms with van der Waals surface area (Å²) in [7, 11) is 0. The zero-order valence-electron chi connectivity index (χ0n) is 11.3. The quantitative estimate of drug-likeness (QED) is 0.702. The monoisotopic (exact) mass is 284 g/mol. The minimum absolute atomic E-state index is 0.191. The summed E-state index contributed by atoms with van der Waals surface area (Å²) in [5.41, 5.74) is 6.44. The Kier molecular flexibility index (Phi) is 6.12. The van der Waals surface area contributed by atoms with Crippen LogP contribution in [0.5, 0.6) is 0 Å². The van der Waals surface area contributed by atoms with Gasteiger partial charge in [-0.05, 0) is 24.1 Å². The lowest BCUT2D eigenvalue weighted by atomic mass is 9.96. The molecule has 1 atom stereocenters. The molecule has 0 aliphatic carbocycles. The highest BCUT2D eigenvalue weighted by molar-refractivity contribution is 6.34. The average Bonchev–Trinajstić information content (AvgIpc) is 2.40. The Morgan fingerprint density at radius 1 is 1.42 bits per heavy atom. The Morgan fingerprint density at radius 2 is 2.05 bits per heavy atom. The summed E-state index contributed by atoms with van der Waals surface area (Å²) >= 11 is 5.94. The van der Waals surface area contributed by atoms with Crippen molar-refractivity contribution in [2.75, 3.05) is 12.3 Å². The molecule has 0 spiro atoms. The van der Waals surface area contributed by atoms with E-state index in [1.54, 1.807) is 12.1 Å². The van der Waals surface area contributed by atoms with Gasteiger partial charge in [0.25, 0.3) is 5.91 Å². The van der Waals surface area contributed by atoms with E-state index in [1.807, 2.05) is 13.8 Å². The van der Waals surface area contributed by atoms with Gasteiger partial charge in [0.2, 0.25) is 0 Å². The van der Waals surface area contributed by atoms with Gasteiger partial charge in [-0.15, -0.1) is 0 Å². The number of rotatable bonds is 6. The lowest BCUT2D eigenvalue weighted by Gasteiger charge is -2.20. The highest BCUT2D eigenvalue weighted by atomic mass is 35.5. The number of benzene rings is 1. The van der Waals surface area contributed by atoms with Crippen molar-refractivity contribution in [2.45, 2.75) is 32.8 Å². The molecule has 4 N–H and O–H groups in total. The number of aliphatic hydroxyl groups is 1. The van der Waals surface area contributed by atoms with Gasteiger partial charge in [-0.3, -0.25) is 4.79 Å². The lowest BCUT2D eigenvalue weighted by Crippen LogP contribution is -2.36. The number of carbonyl (C=O) groups is 1. The van der Waals surface area contributed by atoms with Crippen molar-refractivity contribution < 1.29 is 9.90 Å². The molecular formula is C14H21ClN2O2. The van der Waals surface area contributed by atoms with E-state index >= 15 is 0 Å². The minimum Gasteiger partial charge on any atom is -0.399 e. The SMILES string of the molecule is CCC(CC)C(O)CNC(=O)c1cc(N)ccc1Cl. The zero-order valence-corrected chi connectivity index (χ0v) is 12.1. The average molecular weight is 285 g/mol. The van der Waals surface area contributed by atoms with Crippen LogP contribution in [0.15, 0.2) is 18.2 Å². The summed E-state index contributed by atoms with van der Waals surface area (Å²) in [6.45, 7) is 4.26. The second kappa shape index (κ2) is 7.36. The number of aliphatic hydroxyl groups excluding tert-OH is 1. The van der Waals surface area contributed by atoms with Crippen molar-refractivity contribution in [1.29, 1.82) is 0 Å². The van der Waals surface area contributed by atoms with Crippen LogP contribution in [-0.2, 0) is 0 Å². The van der Waals surface area contributed by atoms with E-state index in [4.69, 9.17) is 17.3 Å². The Labute approximate surface area is 118 Å². The number of halogens is 1. The number of hydrogen-bond donors (Lipinski definition) is 3. The van der Waals surface area contributed by atoms with Crippen LogP contribution in [0.25, 0.3) is 0 Å². The molecule has 0 bridgehead atoms. The van der Waals surface area contributed by atoms with E-state index in [2.05, 4.69) is 5.32 Å². The van der Waals surface area contributed by atoms with Crippen LogP contribution in [0.2, 0.25) is 5.02 Å². The topological polar surface area (TPSA) is 75.3 Å². The van der Waals surface area contributed by atoms with Crippen LogP contribution in [0.4, 0.5) is 5.69 Å². The van der Waals surface area contributed by atoms with E-state index in [0.717, 1.165) is 12.8 Å². The van der Waals surface area contributed by atoms with Crippen LogP contribution < -0.4 is 11.1 Å². The van der Waals surface area contributed by atoms with E-state index in [0.29, 0.717) is 16.3 Å². The summed E-state index contributed by atoms with van der Waals surface area (Å²) in [6.07, 6.45) is 1.22. The van der Waals surface area contributed by atoms with E-state index in [9.17, 15) is 9.90 Å². The fraction of sp³-hybridized carbons (Fsp3) is 0.500. The number of nitrogens with two attached hydrogens (primary N) is 1. The molecule has 0 aromatic heterocycles. The van der Waals surface area contributed by atoms with Gasteiger partial charge < -0.3 is 16.2 Å². The highest BCUT2D eigenvalue weighted by Gasteiger charge is 2.17. The van der Waals surface area contributed by atoms with Gasteiger partial charge in [0.1, 0.15) is 0 Å². The van der Waals surface area contributed by atoms with Gasteiger partial charge in [0.05, 0.1) is 16.7 Å². The highest BCUT2D eigenvalue weighted by Crippen LogP contribution is 2.19. The van der Waals surface area contributed by atoms with Crippen LogP contribution in [0, 0.1) is 5.92 Å². The van der Waals surface area contributed by atoms with Crippen molar-refractivity contribution in [3.8, 4) is 0 Å². The first-order valence-corrected chi connectivity index (χ1v) is 6.88. The number of anilines is 1. The van der Waals surface area contributed by atoms with Crippen molar-refractivity contribution in [2.24, 2.45) is 5.92 Å². The predicted octanol–water partition coefficient (Wildman–Crippen LogP) is 2.45. The van der Waals surface area contributed by atoms with Crippen molar-refractivity contribution >= 4 is 23.2 Å². The maximum absolute atomic E-state index is 12.0. The molecule has 106 valence electrons. The Hall–Kier alpha value is -1.26. The molecular weight excluding hydrogens is 264 g/mol. The van der Waals surface area contributed by atoms with Crippen LogP contribution in [-0.4, -0.2) is 23.7 Å². The summed E-state index contributed by atoms with van der Waals surface area (Å²) in [5.74, 6) is -0.126. The third-order valence-electron chi connectivity index (χ3n) is 3.30. The summed E-state index contributed by atoms with van der Waals surface area (Å²) in [5, 5.41) is 13.0. The van der Waals surface area contributed by atoms with Gasteiger partial charge >= 0.3 is 0 Å². The molecule has 19 heavy (non-hydrogen) atoms. The third kappa shape index (κ3) is 4.40. The first-order chi connectivity index (χ1) is 8.99. The normalized spacial score (nSPS) is 12.5. The molecule has 1 rings (SSSR count).